The van der Waals surface area contributed by atoms with Crippen molar-refractivity contribution in [3.8, 4) is 0 Å². The van der Waals surface area contributed by atoms with Crippen molar-refractivity contribution in [2.75, 3.05) is 0 Å². The summed E-state index contributed by atoms with van der Waals surface area (Å²) in [5, 5.41) is 1.24. The molecule has 0 N–H and O–H groups in total. The molecule has 0 bridgehead atoms. The average Bonchev–Trinajstić information content (AvgIpc) is 2.50. The maximum atomic E-state index is 6.23. The van der Waals surface area contributed by atoms with Crippen LogP contribution in [0.4, 0.5) is 0 Å². The molecule has 2 aromatic carbocycles. The van der Waals surface area contributed by atoms with Crippen molar-refractivity contribution in [1.82, 2.24) is 0 Å². The zero-order valence-corrected chi connectivity index (χ0v) is 17.9. The lowest BCUT2D eigenvalue weighted by Crippen LogP contribution is -2.10. The number of hydrogen-bond donors (Lipinski definition) is 0. The molecule has 7 heteroatoms. The molecular formula is C16H13Cl5S2. The van der Waals surface area contributed by atoms with Crippen LogP contribution in [0.1, 0.15) is 26.3 Å². The van der Waals surface area contributed by atoms with Gasteiger partial charge in [-0.25, -0.2) is 0 Å². The van der Waals surface area contributed by atoms with Gasteiger partial charge in [0.1, 0.15) is 0 Å². The van der Waals surface area contributed by atoms with Crippen molar-refractivity contribution < 1.29 is 0 Å². The van der Waals surface area contributed by atoms with Gasteiger partial charge in [0.2, 0.25) is 0 Å². The first-order valence-electron chi connectivity index (χ1n) is 6.59. The Morgan fingerprint density at radius 2 is 1.09 bits per heavy atom. The Morgan fingerprint density at radius 1 is 0.652 bits per heavy atom. The van der Waals surface area contributed by atoms with Crippen LogP contribution < -0.4 is 0 Å². The molecule has 0 heterocycles. The summed E-state index contributed by atoms with van der Waals surface area (Å²) in [6.45, 7) is 6.55. The number of halogens is 5. The van der Waals surface area contributed by atoms with Crippen molar-refractivity contribution in [3.05, 3.63) is 54.9 Å². The van der Waals surface area contributed by atoms with Gasteiger partial charge in [-0.2, -0.15) is 0 Å². The van der Waals surface area contributed by atoms with E-state index in [2.05, 4.69) is 45.0 Å². The van der Waals surface area contributed by atoms with E-state index < -0.39 is 0 Å². The second kappa shape index (κ2) is 7.86. The van der Waals surface area contributed by atoms with E-state index in [1.807, 2.05) is 0 Å². The molecule has 124 valence electrons. The van der Waals surface area contributed by atoms with Crippen LogP contribution in [0.5, 0.6) is 0 Å². The summed E-state index contributed by atoms with van der Waals surface area (Å²) in [7, 11) is 2.93. The summed E-state index contributed by atoms with van der Waals surface area (Å²) in [5.41, 5.74) is 1.40. The van der Waals surface area contributed by atoms with Gasteiger partial charge in [-0.3, -0.25) is 0 Å². The predicted molar refractivity (Wildman–Crippen MR) is 108 cm³/mol. The SMILES string of the molecule is CC(C)(C)c1ccc(SSc2c(Cl)c(Cl)c(Cl)c(Cl)c2Cl)cc1. The smallest absolute Gasteiger partial charge is 0.0809 e. The third-order valence-electron chi connectivity index (χ3n) is 3.11. The number of benzene rings is 2. The topological polar surface area (TPSA) is 0 Å². The minimum Gasteiger partial charge on any atom is -0.0813 e. The highest BCUT2D eigenvalue weighted by molar-refractivity contribution is 8.76. The van der Waals surface area contributed by atoms with E-state index in [0.29, 0.717) is 14.9 Å². The van der Waals surface area contributed by atoms with Crippen molar-refractivity contribution in [2.24, 2.45) is 0 Å². The molecule has 0 atom stereocenters. The summed E-state index contributed by atoms with van der Waals surface area (Å²) in [6.07, 6.45) is 0. The van der Waals surface area contributed by atoms with Gasteiger partial charge in [0.05, 0.1) is 30.0 Å². The fourth-order valence-corrected chi connectivity index (χ4v) is 5.66. The Balaban J connectivity index is 2.22. The number of hydrogen-bond acceptors (Lipinski definition) is 2. The lowest BCUT2D eigenvalue weighted by molar-refractivity contribution is 0.590. The first-order chi connectivity index (χ1) is 10.6. The highest BCUT2D eigenvalue weighted by Gasteiger charge is 2.20. The van der Waals surface area contributed by atoms with Gasteiger partial charge < -0.3 is 0 Å². The molecule has 0 aliphatic rings. The fourth-order valence-electron chi connectivity index (χ4n) is 1.76. The summed E-state index contributed by atoms with van der Waals surface area (Å²) in [6, 6.07) is 8.38. The van der Waals surface area contributed by atoms with Crippen molar-refractivity contribution in [3.63, 3.8) is 0 Å². The molecule has 0 aliphatic heterocycles. The van der Waals surface area contributed by atoms with Gasteiger partial charge >= 0.3 is 0 Å². The monoisotopic (exact) mass is 444 g/mol. The highest BCUT2D eigenvalue weighted by Crippen LogP contribution is 2.51. The molecule has 2 aromatic rings. The van der Waals surface area contributed by atoms with Crippen LogP contribution in [0.25, 0.3) is 0 Å². The minimum absolute atomic E-state index is 0.125. The summed E-state index contributed by atoms with van der Waals surface area (Å²) < 4.78 is 0. The summed E-state index contributed by atoms with van der Waals surface area (Å²) in [5.74, 6) is 0. The molecule has 0 nitrogen and oxygen atoms in total. The summed E-state index contributed by atoms with van der Waals surface area (Å²) in [4.78, 5) is 1.69. The van der Waals surface area contributed by atoms with Gasteiger partial charge in [-0.1, -0.05) is 102 Å². The molecule has 23 heavy (non-hydrogen) atoms. The van der Waals surface area contributed by atoms with Crippen LogP contribution in [0.15, 0.2) is 34.1 Å². The molecule has 0 spiro atoms. The average molecular weight is 447 g/mol. The van der Waals surface area contributed by atoms with Crippen LogP contribution in [-0.4, -0.2) is 0 Å². The second-order valence-electron chi connectivity index (χ2n) is 5.84. The molecule has 0 saturated carbocycles. The Kier molecular flexibility index (Phi) is 6.81. The second-order valence-corrected chi connectivity index (χ2v) is 9.94. The molecule has 0 amide bonds. The molecule has 0 unspecified atom stereocenters. The Bertz CT molecular complexity index is 692. The zero-order valence-electron chi connectivity index (χ0n) is 12.5. The van der Waals surface area contributed by atoms with Crippen molar-refractivity contribution in [1.29, 1.82) is 0 Å². The van der Waals surface area contributed by atoms with Crippen LogP contribution in [0, 0.1) is 0 Å². The van der Waals surface area contributed by atoms with E-state index in [1.54, 1.807) is 0 Å². The largest absolute Gasteiger partial charge is 0.0813 e. The minimum atomic E-state index is 0.125. The molecular weight excluding hydrogens is 434 g/mol. The molecule has 0 aliphatic carbocycles. The van der Waals surface area contributed by atoms with Crippen LogP contribution in [-0.2, 0) is 5.41 Å². The third kappa shape index (κ3) is 4.61. The maximum Gasteiger partial charge on any atom is 0.0809 e. The van der Waals surface area contributed by atoms with E-state index in [0.717, 1.165) is 4.90 Å². The Morgan fingerprint density at radius 3 is 1.52 bits per heavy atom. The van der Waals surface area contributed by atoms with Crippen LogP contribution >= 0.6 is 79.6 Å². The molecule has 2 rings (SSSR count). The summed E-state index contributed by atoms with van der Waals surface area (Å²) >= 11 is 30.6. The molecule has 0 fully saturated rings. The fraction of sp³-hybridized carbons (Fsp3) is 0.250. The molecule has 0 radical (unpaired) electrons. The first-order valence-corrected chi connectivity index (χ1v) is 10.6. The van der Waals surface area contributed by atoms with Gasteiger partial charge in [0.15, 0.2) is 0 Å². The van der Waals surface area contributed by atoms with Crippen LogP contribution in [0.3, 0.4) is 0 Å². The van der Waals surface area contributed by atoms with E-state index in [4.69, 9.17) is 58.0 Å². The quantitative estimate of drug-likeness (QED) is 0.262. The lowest BCUT2D eigenvalue weighted by atomic mass is 9.87. The third-order valence-corrected chi connectivity index (χ3v) is 8.06. The van der Waals surface area contributed by atoms with E-state index >= 15 is 0 Å². The molecule has 0 aromatic heterocycles. The lowest BCUT2D eigenvalue weighted by Gasteiger charge is -2.19. The van der Waals surface area contributed by atoms with Crippen molar-refractivity contribution >= 4 is 79.6 Å². The maximum absolute atomic E-state index is 6.23. The van der Waals surface area contributed by atoms with E-state index in [9.17, 15) is 0 Å². The van der Waals surface area contributed by atoms with E-state index in [1.165, 1.54) is 27.2 Å². The van der Waals surface area contributed by atoms with Gasteiger partial charge in [-0.15, -0.1) is 0 Å². The standard InChI is InChI=1S/C16H13Cl5S2/c1-16(2,3)8-4-6-9(7-5-8)22-23-15-13(20)11(18)10(17)12(19)14(15)21/h4-7H,1-3H3. The predicted octanol–water partition coefficient (Wildman–Crippen LogP) is 9.05. The van der Waals surface area contributed by atoms with Gasteiger partial charge in [0.25, 0.3) is 0 Å². The normalized spacial score (nSPS) is 11.8. The first kappa shape index (κ1) is 19.9. The van der Waals surface area contributed by atoms with Gasteiger partial charge in [0, 0.05) is 4.90 Å². The Labute approximate surface area is 169 Å². The number of rotatable bonds is 3. The highest BCUT2D eigenvalue weighted by atomic mass is 35.5. The molecule has 0 saturated heterocycles. The van der Waals surface area contributed by atoms with Crippen molar-refractivity contribution in [2.45, 2.75) is 36.0 Å². The zero-order chi connectivity index (χ0) is 17.4. The van der Waals surface area contributed by atoms with Gasteiger partial charge in [-0.05, 0) is 33.9 Å². The van der Waals surface area contributed by atoms with E-state index in [-0.39, 0.29) is 20.5 Å². The van der Waals surface area contributed by atoms with Crippen LogP contribution in [0.2, 0.25) is 25.1 Å². The Hall–Kier alpha value is 0.590.